The molecule has 0 radical (unpaired) electrons. The van der Waals surface area contributed by atoms with E-state index in [1.54, 1.807) is 11.3 Å². The maximum absolute atomic E-state index is 5.97. The van der Waals surface area contributed by atoms with E-state index < -0.39 is 0 Å². The number of nitrogens with one attached hydrogen (secondary N) is 2. The number of rotatable bonds is 5. The molecule has 0 aliphatic carbocycles. The molecular formula is C20H28ClN5S. The molecule has 2 heterocycles. The summed E-state index contributed by atoms with van der Waals surface area (Å²) in [6.45, 7) is 8.04. The van der Waals surface area contributed by atoms with Gasteiger partial charge in [0.05, 0.1) is 17.2 Å². The maximum atomic E-state index is 5.97. The van der Waals surface area contributed by atoms with Gasteiger partial charge in [-0.3, -0.25) is 9.89 Å². The van der Waals surface area contributed by atoms with Crippen LogP contribution in [0.3, 0.4) is 0 Å². The fourth-order valence-electron chi connectivity index (χ4n) is 3.37. The molecule has 7 heteroatoms. The quantitative estimate of drug-likeness (QED) is 0.587. The number of aromatic nitrogens is 1. The second kappa shape index (κ2) is 9.53. The fourth-order valence-corrected chi connectivity index (χ4v) is 4.38. The van der Waals surface area contributed by atoms with Crippen LogP contribution in [-0.4, -0.2) is 42.0 Å². The molecule has 0 atom stereocenters. The monoisotopic (exact) mass is 405 g/mol. The van der Waals surface area contributed by atoms with Crippen LogP contribution in [0, 0.1) is 13.8 Å². The molecule has 1 aromatic heterocycles. The molecule has 1 fully saturated rings. The standard InChI is InChI=1S/C20H28ClN5S/c1-14-19(27-15(2)24-14)12-23-20(22-3)25-18-8-10-26(11-9-18)13-16-4-6-17(21)7-5-16/h4-7,18H,8-13H2,1-3H3,(H2,22,23,25). The van der Waals surface area contributed by atoms with Gasteiger partial charge in [0.2, 0.25) is 0 Å². The number of guanidine groups is 1. The third-order valence-electron chi connectivity index (χ3n) is 4.89. The second-order valence-corrected chi connectivity index (χ2v) is 8.71. The Kier molecular flexibility index (Phi) is 7.10. The van der Waals surface area contributed by atoms with E-state index in [4.69, 9.17) is 11.6 Å². The number of aryl methyl sites for hydroxylation is 2. The molecule has 3 rings (SSSR count). The highest BCUT2D eigenvalue weighted by molar-refractivity contribution is 7.11. The van der Waals surface area contributed by atoms with Gasteiger partial charge in [-0.2, -0.15) is 0 Å². The van der Waals surface area contributed by atoms with Gasteiger partial charge in [0, 0.05) is 42.6 Å². The predicted molar refractivity (Wildman–Crippen MR) is 115 cm³/mol. The Labute approximate surface area is 170 Å². The lowest BCUT2D eigenvalue weighted by Crippen LogP contribution is -2.48. The van der Waals surface area contributed by atoms with Gasteiger partial charge in [-0.05, 0) is 44.4 Å². The number of hydrogen-bond acceptors (Lipinski definition) is 4. The minimum Gasteiger partial charge on any atom is -0.354 e. The molecule has 146 valence electrons. The first-order valence-corrected chi connectivity index (χ1v) is 10.6. The van der Waals surface area contributed by atoms with Crippen molar-refractivity contribution >= 4 is 28.9 Å². The largest absolute Gasteiger partial charge is 0.354 e. The minimum absolute atomic E-state index is 0.460. The van der Waals surface area contributed by atoms with Crippen molar-refractivity contribution in [3.8, 4) is 0 Å². The number of aliphatic imine (C=N–C) groups is 1. The van der Waals surface area contributed by atoms with E-state index in [9.17, 15) is 0 Å². The van der Waals surface area contributed by atoms with Gasteiger partial charge in [-0.25, -0.2) is 4.98 Å². The van der Waals surface area contributed by atoms with Crippen LogP contribution in [-0.2, 0) is 13.1 Å². The van der Waals surface area contributed by atoms with Crippen LogP contribution in [0.25, 0.3) is 0 Å². The second-order valence-electron chi connectivity index (χ2n) is 6.99. The van der Waals surface area contributed by atoms with Crippen LogP contribution < -0.4 is 10.6 Å². The lowest BCUT2D eigenvalue weighted by atomic mass is 10.0. The minimum atomic E-state index is 0.460. The number of piperidine rings is 1. The molecule has 1 saturated heterocycles. The van der Waals surface area contributed by atoms with E-state index in [0.717, 1.165) is 60.7 Å². The van der Waals surface area contributed by atoms with E-state index in [-0.39, 0.29) is 0 Å². The van der Waals surface area contributed by atoms with Crippen molar-refractivity contribution in [1.29, 1.82) is 0 Å². The third-order valence-corrected chi connectivity index (χ3v) is 6.21. The molecule has 2 N–H and O–H groups in total. The van der Waals surface area contributed by atoms with Crippen LogP contribution in [0.4, 0.5) is 0 Å². The lowest BCUT2D eigenvalue weighted by molar-refractivity contribution is 0.198. The van der Waals surface area contributed by atoms with Gasteiger partial charge in [0.1, 0.15) is 0 Å². The van der Waals surface area contributed by atoms with Gasteiger partial charge in [-0.15, -0.1) is 11.3 Å². The van der Waals surface area contributed by atoms with Crippen molar-refractivity contribution in [2.24, 2.45) is 4.99 Å². The summed E-state index contributed by atoms with van der Waals surface area (Å²) >= 11 is 7.71. The molecule has 0 spiro atoms. The molecule has 0 amide bonds. The average molecular weight is 406 g/mol. The zero-order valence-corrected chi connectivity index (χ0v) is 17.8. The molecule has 0 unspecified atom stereocenters. The summed E-state index contributed by atoms with van der Waals surface area (Å²) in [6.07, 6.45) is 2.24. The van der Waals surface area contributed by atoms with Gasteiger partial charge < -0.3 is 10.6 Å². The Morgan fingerprint density at radius 1 is 1.26 bits per heavy atom. The third kappa shape index (κ3) is 5.92. The molecule has 5 nitrogen and oxygen atoms in total. The Balaban J connectivity index is 1.43. The van der Waals surface area contributed by atoms with Crippen molar-refractivity contribution in [1.82, 2.24) is 20.5 Å². The van der Waals surface area contributed by atoms with Crippen molar-refractivity contribution in [2.45, 2.75) is 45.8 Å². The maximum Gasteiger partial charge on any atom is 0.191 e. The van der Waals surface area contributed by atoms with Crippen LogP contribution in [0.5, 0.6) is 0 Å². The highest BCUT2D eigenvalue weighted by atomic mass is 35.5. The Morgan fingerprint density at radius 2 is 1.96 bits per heavy atom. The summed E-state index contributed by atoms with van der Waals surface area (Å²) in [5, 5.41) is 8.91. The molecule has 0 saturated carbocycles. The average Bonchev–Trinajstić information content (AvgIpc) is 2.99. The zero-order valence-electron chi connectivity index (χ0n) is 16.3. The first kappa shape index (κ1) is 20.1. The molecule has 1 aliphatic rings. The molecule has 27 heavy (non-hydrogen) atoms. The molecule has 1 aliphatic heterocycles. The Hall–Kier alpha value is -1.63. The van der Waals surface area contributed by atoms with Crippen molar-refractivity contribution in [2.75, 3.05) is 20.1 Å². The highest BCUT2D eigenvalue weighted by Gasteiger charge is 2.20. The van der Waals surface area contributed by atoms with E-state index in [2.05, 4.69) is 44.6 Å². The summed E-state index contributed by atoms with van der Waals surface area (Å²) in [5.74, 6) is 0.872. The van der Waals surface area contributed by atoms with Crippen LogP contribution in [0.1, 0.15) is 34.0 Å². The molecule has 0 bridgehead atoms. The van der Waals surface area contributed by atoms with E-state index in [1.807, 2.05) is 26.1 Å². The van der Waals surface area contributed by atoms with Crippen molar-refractivity contribution in [3.05, 3.63) is 50.4 Å². The number of likely N-dealkylation sites (tertiary alicyclic amines) is 1. The number of nitrogens with zero attached hydrogens (tertiary/aromatic N) is 3. The lowest BCUT2D eigenvalue weighted by Gasteiger charge is -2.33. The summed E-state index contributed by atoms with van der Waals surface area (Å²) in [5.41, 5.74) is 2.43. The Morgan fingerprint density at radius 3 is 2.56 bits per heavy atom. The normalized spacial score (nSPS) is 16.5. The first-order chi connectivity index (χ1) is 13.0. The van der Waals surface area contributed by atoms with Gasteiger partial charge in [0.15, 0.2) is 5.96 Å². The molecule has 1 aromatic carbocycles. The zero-order chi connectivity index (χ0) is 19.2. The van der Waals surface area contributed by atoms with Gasteiger partial charge in [-0.1, -0.05) is 23.7 Å². The molecule has 2 aromatic rings. The summed E-state index contributed by atoms with van der Waals surface area (Å²) < 4.78 is 0. The van der Waals surface area contributed by atoms with Gasteiger partial charge in [0.25, 0.3) is 0 Å². The van der Waals surface area contributed by atoms with Crippen LogP contribution in [0.2, 0.25) is 5.02 Å². The SMILES string of the molecule is CN=C(NCc1sc(C)nc1C)NC1CCN(Cc2ccc(Cl)cc2)CC1. The highest BCUT2D eigenvalue weighted by Crippen LogP contribution is 2.17. The van der Waals surface area contributed by atoms with Crippen LogP contribution in [0.15, 0.2) is 29.3 Å². The van der Waals surface area contributed by atoms with E-state index in [0.29, 0.717) is 6.04 Å². The summed E-state index contributed by atoms with van der Waals surface area (Å²) in [6, 6.07) is 8.62. The number of hydrogen-bond donors (Lipinski definition) is 2. The first-order valence-electron chi connectivity index (χ1n) is 9.40. The topological polar surface area (TPSA) is 52.6 Å². The number of halogens is 1. The fraction of sp³-hybridized carbons (Fsp3) is 0.500. The number of benzene rings is 1. The number of thiazole rings is 1. The van der Waals surface area contributed by atoms with E-state index >= 15 is 0 Å². The summed E-state index contributed by atoms with van der Waals surface area (Å²) in [4.78, 5) is 12.6. The Bertz CT molecular complexity index is 763. The van der Waals surface area contributed by atoms with Crippen molar-refractivity contribution < 1.29 is 0 Å². The predicted octanol–water partition coefficient (Wildman–Crippen LogP) is 3.74. The van der Waals surface area contributed by atoms with Crippen molar-refractivity contribution in [3.63, 3.8) is 0 Å². The summed E-state index contributed by atoms with van der Waals surface area (Å²) in [7, 11) is 1.83. The molecular weight excluding hydrogens is 378 g/mol. The van der Waals surface area contributed by atoms with Crippen LogP contribution >= 0.6 is 22.9 Å². The smallest absolute Gasteiger partial charge is 0.191 e. The van der Waals surface area contributed by atoms with Gasteiger partial charge >= 0.3 is 0 Å². The van der Waals surface area contributed by atoms with E-state index in [1.165, 1.54) is 10.4 Å².